The Morgan fingerprint density at radius 3 is 3.14 bits per heavy atom. The molecule has 0 saturated carbocycles. The monoisotopic (exact) mass is 191 g/mol. The normalized spacial score (nSPS) is 20.0. The number of aryl methyl sites for hydroxylation is 2. The number of aliphatic imine (C=N–C) groups is 1. The van der Waals surface area contributed by atoms with E-state index in [0.717, 1.165) is 24.5 Å². The van der Waals surface area contributed by atoms with Crippen molar-refractivity contribution in [3.8, 4) is 0 Å². The van der Waals surface area contributed by atoms with Crippen LogP contribution in [0, 0.1) is 12.8 Å². The van der Waals surface area contributed by atoms with Crippen molar-refractivity contribution >= 4 is 11.9 Å². The zero-order valence-corrected chi connectivity index (χ0v) is 8.45. The van der Waals surface area contributed by atoms with Gasteiger partial charge in [-0.2, -0.15) is 0 Å². The Morgan fingerprint density at radius 1 is 1.64 bits per heavy atom. The number of aromatic nitrogens is 2. The van der Waals surface area contributed by atoms with E-state index in [9.17, 15) is 4.79 Å². The van der Waals surface area contributed by atoms with Gasteiger partial charge in [0.2, 0.25) is 6.08 Å². The maximum Gasteiger partial charge on any atom is 0.242 e. The molecule has 0 amide bonds. The van der Waals surface area contributed by atoms with Gasteiger partial charge < -0.3 is 4.57 Å². The molecule has 2 heterocycles. The smallest absolute Gasteiger partial charge is 0.242 e. The molecule has 74 valence electrons. The Bertz CT molecular complexity index is 402. The summed E-state index contributed by atoms with van der Waals surface area (Å²) in [5.41, 5.74) is 0.831. The second-order valence-corrected chi connectivity index (χ2v) is 3.89. The van der Waals surface area contributed by atoms with Gasteiger partial charge in [0.1, 0.15) is 5.82 Å². The second kappa shape index (κ2) is 3.39. The van der Waals surface area contributed by atoms with E-state index in [1.54, 1.807) is 6.08 Å². The van der Waals surface area contributed by atoms with Crippen molar-refractivity contribution in [2.24, 2.45) is 10.9 Å². The van der Waals surface area contributed by atoms with Gasteiger partial charge in [0, 0.05) is 13.0 Å². The first-order valence-electron chi connectivity index (χ1n) is 4.86. The third-order valence-electron chi connectivity index (χ3n) is 2.69. The summed E-state index contributed by atoms with van der Waals surface area (Å²) in [6.45, 7) is 5.00. The van der Waals surface area contributed by atoms with Gasteiger partial charge in [-0.3, -0.25) is 0 Å². The molecule has 0 saturated heterocycles. The van der Waals surface area contributed by atoms with Gasteiger partial charge in [-0.05, 0) is 19.3 Å². The molecule has 1 aliphatic heterocycles. The molecule has 0 spiro atoms. The summed E-state index contributed by atoms with van der Waals surface area (Å²) in [5.74, 6) is 2.37. The van der Waals surface area contributed by atoms with Crippen molar-refractivity contribution in [3.63, 3.8) is 0 Å². The lowest BCUT2D eigenvalue weighted by Gasteiger charge is -2.20. The van der Waals surface area contributed by atoms with Crippen LogP contribution in [0.25, 0.3) is 0 Å². The van der Waals surface area contributed by atoms with E-state index in [1.165, 1.54) is 6.42 Å². The Kier molecular flexibility index (Phi) is 2.22. The van der Waals surface area contributed by atoms with Gasteiger partial charge in [0.05, 0.1) is 5.69 Å². The number of rotatable bonds is 1. The molecule has 1 atom stereocenters. The quantitative estimate of drug-likeness (QED) is 0.501. The maximum absolute atomic E-state index is 10.3. The van der Waals surface area contributed by atoms with Gasteiger partial charge in [0.15, 0.2) is 5.82 Å². The number of fused-ring (bicyclic) bond motifs is 1. The van der Waals surface area contributed by atoms with E-state index >= 15 is 0 Å². The number of hydrogen-bond acceptors (Lipinski definition) is 3. The lowest BCUT2D eigenvalue weighted by molar-refractivity contribution is 0.396. The number of nitrogens with zero attached hydrogens (tertiary/aromatic N) is 3. The Labute approximate surface area is 82.7 Å². The molecule has 1 aliphatic rings. The number of isocyanates is 1. The van der Waals surface area contributed by atoms with Crippen LogP contribution in [0.3, 0.4) is 0 Å². The molecule has 1 aromatic rings. The SMILES string of the molecule is Cc1nc2n(c1N=C=O)CC(C)CC2. The third-order valence-corrected chi connectivity index (χ3v) is 2.69. The second-order valence-electron chi connectivity index (χ2n) is 3.89. The van der Waals surface area contributed by atoms with E-state index in [1.807, 2.05) is 11.5 Å². The molecule has 0 bridgehead atoms. The van der Waals surface area contributed by atoms with Crippen LogP contribution in [0.5, 0.6) is 0 Å². The molecule has 1 unspecified atom stereocenters. The predicted molar refractivity (Wildman–Crippen MR) is 52.2 cm³/mol. The van der Waals surface area contributed by atoms with Crippen LogP contribution in [-0.2, 0) is 17.8 Å². The lowest BCUT2D eigenvalue weighted by atomic mass is 10.0. The molecule has 14 heavy (non-hydrogen) atoms. The average Bonchev–Trinajstić information content (AvgIpc) is 2.45. The zero-order chi connectivity index (χ0) is 10.1. The molecule has 0 aliphatic carbocycles. The number of carbonyl (C=O) groups excluding carboxylic acids is 1. The van der Waals surface area contributed by atoms with Gasteiger partial charge in [-0.15, -0.1) is 4.99 Å². The number of hydrogen-bond donors (Lipinski definition) is 0. The first-order valence-corrected chi connectivity index (χ1v) is 4.86. The van der Waals surface area contributed by atoms with E-state index in [4.69, 9.17) is 0 Å². The molecule has 4 nitrogen and oxygen atoms in total. The summed E-state index contributed by atoms with van der Waals surface area (Å²) in [5, 5.41) is 0. The fourth-order valence-corrected chi connectivity index (χ4v) is 1.97. The highest BCUT2D eigenvalue weighted by molar-refractivity contribution is 5.48. The first-order chi connectivity index (χ1) is 6.72. The van der Waals surface area contributed by atoms with Gasteiger partial charge in [-0.1, -0.05) is 6.92 Å². The minimum Gasteiger partial charge on any atom is -0.312 e. The minimum absolute atomic E-state index is 0.636. The summed E-state index contributed by atoms with van der Waals surface area (Å²) in [6, 6.07) is 0. The van der Waals surface area contributed by atoms with Crippen molar-refractivity contribution in [2.45, 2.75) is 33.2 Å². The van der Waals surface area contributed by atoms with Crippen LogP contribution >= 0.6 is 0 Å². The standard InChI is InChI=1S/C10H13N3O/c1-7-3-4-9-12-8(2)10(11-6-14)13(9)5-7/h7H,3-5H2,1-2H3. The minimum atomic E-state index is 0.636. The van der Waals surface area contributed by atoms with Crippen LogP contribution in [-0.4, -0.2) is 15.6 Å². The topological polar surface area (TPSA) is 47.2 Å². The van der Waals surface area contributed by atoms with E-state index < -0.39 is 0 Å². The summed E-state index contributed by atoms with van der Waals surface area (Å²) in [7, 11) is 0. The molecule has 2 rings (SSSR count). The van der Waals surface area contributed by atoms with Crippen molar-refractivity contribution in [1.29, 1.82) is 0 Å². The maximum atomic E-state index is 10.3. The zero-order valence-electron chi connectivity index (χ0n) is 8.45. The third kappa shape index (κ3) is 1.38. The molecule has 0 fully saturated rings. The van der Waals surface area contributed by atoms with Crippen LogP contribution < -0.4 is 0 Å². The largest absolute Gasteiger partial charge is 0.312 e. The molecule has 1 aromatic heterocycles. The Balaban J connectivity index is 2.50. The Hall–Kier alpha value is -1.41. The predicted octanol–water partition coefficient (Wildman–Crippen LogP) is 1.74. The van der Waals surface area contributed by atoms with Crippen molar-refractivity contribution in [2.75, 3.05) is 0 Å². The molecule has 0 radical (unpaired) electrons. The van der Waals surface area contributed by atoms with Crippen LogP contribution in [0.4, 0.5) is 5.82 Å². The number of imidazole rings is 1. The van der Waals surface area contributed by atoms with Crippen LogP contribution in [0.2, 0.25) is 0 Å². The van der Waals surface area contributed by atoms with E-state index in [0.29, 0.717) is 11.7 Å². The van der Waals surface area contributed by atoms with Crippen molar-refractivity contribution in [1.82, 2.24) is 9.55 Å². The van der Waals surface area contributed by atoms with Crippen LogP contribution in [0.15, 0.2) is 4.99 Å². The van der Waals surface area contributed by atoms with E-state index in [2.05, 4.69) is 16.9 Å². The highest BCUT2D eigenvalue weighted by Crippen LogP contribution is 2.27. The molecule has 4 heteroatoms. The summed E-state index contributed by atoms with van der Waals surface area (Å²) in [6.07, 6.45) is 3.74. The fourth-order valence-electron chi connectivity index (χ4n) is 1.97. The van der Waals surface area contributed by atoms with Crippen molar-refractivity contribution < 1.29 is 4.79 Å². The fraction of sp³-hybridized carbons (Fsp3) is 0.600. The molecule has 0 aromatic carbocycles. The summed E-state index contributed by atoms with van der Waals surface area (Å²) < 4.78 is 2.04. The molecule has 0 N–H and O–H groups in total. The molecular formula is C10H13N3O. The van der Waals surface area contributed by atoms with Gasteiger partial charge in [-0.25, -0.2) is 9.78 Å². The average molecular weight is 191 g/mol. The van der Waals surface area contributed by atoms with Gasteiger partial charge >= 0.3 is 0 Å². The van der Waals surface area contributed by atoms with E-state index in [-0.39, 0.29) is 0 Å². The summed E-state index contributed by atoms with van der Waals surface area (Å²) >= 11 is 0. The lowest BCUT2D eigenvalue weighted by Crippen LogP contribution is -2.17. The Morgan fingerprint density at radius 2 is 2.43 bits per heavy atom. The highest BCUT2D eigenvalue weighted by Gasteiger charge is 2.20. The van der Waals surface area contributed by atoms with Crippen molar-refractivity contribution in [3.05, 3.63) is 11.5 Å². The first kappa shape index (κ1) is 9.16. The molecular weight excluding hydrogens is 178 g/mol. The highest BCUT2D eigenvalue weighted by atomic mass is 16.1. The van der Waals surface area contributed by atoms with Gasteiger partial charge in [0.25, 0.3) is 0 Å². The van der Waals surface area contributed by atoms with Crippen LogP contribution in [0.1, 0.15) is 24.9 Å². The summed E-state index contributed by atoms with van der Waals surface area (Å²) in [4.78, 5) is 18.4.